The maximum absolute atomic E-state index is 13.0. The largest absolute Gasteiger partial charge is 0.394 e. The highest BCUT2D eigenvalue weighted by Crippen LogP contribution is 2.38. The van der Waals surface area contributed by atoms with Crippen molar-refractivity contribution in [3.05, 3.63) is 0 Å². The molecule has 7 saturated heterocycles. The predicted molar refractivity (Wildman–Crippen MR) is 248 cm³/mol. The molecule has 2 amide bonds. The van der Waals surface area contributed by atoms with Crippen molar-refractivity contribution in [1.82, 2.24) is 10.6 Å². The second kappa shape index (κ2) is 28.4. The van der Waals surface area contributed by atoms with Gasteiger partial charge in [0, 0.05) is 13.8 Å². The Morgan fingerprint density at radius 3 is 1.42 bits per heavy atom. The van der Waals surface area contributed by atoms with Gasteiger partial charge in [0.25, 0.3) is 0 Å². The molecule has 1 unspecified atom stereocenters. The average molecular weight is 1190 g/mol. The molecule has 7 heterocycles. The lowest BCUT2D eigenvalue weighted by molar-refractivity contribution is -0.405. The molecule has 7 fully saturated rings. The summed E-state index contributed by atoms with van der Waals surface area (Å²) in [7, 11) is 0. The van der Waals surface area contributed by atoms with Crippen molar-refractivity contribution in [1.29, 1.82) is 0 Å². The minimum absolute atomic E-state index is 0.710. The number of rotatable bonds is 19. The number of carbonyl (C=O) groups is 2. The van der Waals surface area contributed by atoms with E-state index in [4.69, 9.17) is 61.6 Å². The zero-order valence-corrected chi connectivity index (χ0v) is 43.5. The van der Waals surface area contributed by atoms with E-state index in [1.54, 1.807) is 0 Å². The van der Waals surface area contributed by atoms with Gasteiger partial charge in [-0.1, -0.05) is 0 Å². The Kier molecular flexibility index (Phi) is 23.2. The molecule has 0 aromatic carbocycles. The van der Waals surface area contributed by atoms with E-state index in [-0.39, 0.29) is 0 Å². The van der Waals surface area contributed by atoms with Crippen LogP contribution in [0, 0.1) is 0 Å². The van der Waals surface area contributed by atoms with Crippen molar-refractivity contribution in [2.45, 2.75) is 229 Å². The van der Waals surface area contributed by atoms with Crippen molar-refractivity contribution in [3.8, 4) is 0 Å². The summed E-state index contributed by atoms with van der Waals surface area (Å²) in [5.74, 6) is -1.70. The Balaban J connectivity index is 1.25. The second-order valence-electron chi connectivity index (χ2n) is 20.6. The van der Waals surface area contributed by atoms with Gasteiger partial charge in [-0.15, -0.1) is 0 Å². The summed E-state index contributed by atoms with van der Waals surface area (Å²) in [4.78, 5) is 25.5. The average Bonchev–Trinajstić information content (AvgIpc) is 3.41. The van der Waals surface area contributed by atoms with E-state index in [9.17, 15) is 107 Å². The van der Waals surface area contributed by atoms with Crippen molar-refractivity contribution in [2.75, 3.05) is 39.6 Å². The van der Waals surface area contributed by atoms with Crippen LogP contribution in [0.4, 0.5) is 0 Å². The van der Waals surface area contributed by atoms with Crippen LogP contribution in [-0.4, -0.2) is 357 Å². The van der Waals surface area contributed by atoms with Crippen molar-refractivity contribution in [2.24, 2.45) is 0 Å². The summed E-state index contributed by atoms with van der Waals surface area (Å²) >= 11 is 0. The molecular formula is C45H76N2O34. The number of hydrogen-bond acceptors (Lipinski definition) is 34. The minimum atomic E-state index is -2.26. The topological polar surface area (TPSA) is 563 Å². The van der Waals surface area contributed by atoms with E-state index in [0.717, 1.165) is 13.8 Å². The summed E-state index contributed by atoms with van der Waals surface area (Å²) in [6.45, 7) is -2.40. The molecular weight excluding hydrogens is 1110 g/mol. The van der Waals surface area contributed by atoms with Gasteiger partial charge in [-0.2, -0.15) is 0 Å². The quantitative estimate of drug-likeness (QED) is 0.0571. The zero-order valence-electron chi connectivity index (χ0n) is 43.5. The number of carbonyl (C=O) groups excluding carboxylic acids is 2. The number of hydrogen-bond donors (Lipinski definition) is 21. The first-order valence-corrected chi connectivity index (χ1v) is 25.9. The molecule has 7 aliphatic rings. The molecule has 0 spiro atoms. The van der Waals surface area contributed by atoms with Crippen LogP contribution in [0.1, 0.15) is 20.8 Å². The van der Waals surface area contributed by atoms with Crippen LogP contribution in [0.2, 0.25) is 0 Å². The summed E-state index contributed by atoms with van der Waals surface area (Å²) < 4.78 is 76.4. The molecule has 0 aromatic rings. The summed E-state index contributed by atoms with van der Waals surface area (Å²) in [5.41, 5.74) is 0. The van der Waals surface area contributed by atoms with Gasteiger partial charge in [-0.25, -0.2) is 0 Å². The van der Waals surface area contributed by atoms with Crippen LogP contribution >= 0.6 is 0 Å². The number of amides is 2. The molecule has 34 atom stereocenters. The van der Waals surface area contributed by atoms with Crippen LogP contribution in [0.25, 0.3) is 0 Å². The van der Waals surface area contributed by atoms with Crippen LogP contribution in [0.15, 0.2) is 0 Å². The first-order chi connectivity index (χ1) is 38.3. The van der Waals surface area contributed by atoms with Gasteiger partial charge < -0.3 is 169 Å². The van der Waals surface area contributed by atoms with Crippen LogP contribution in [-0.2, 0) is 71.2 Å². The molecule has 0 radical (unpaired) electrons. The van der Waals surface area contributed by atoms with Gasteiger partial charge in [-0.05, 0) is 6.92 Å². The molecule has 81 heavy (non-hydrogen) atoms. The maximum atomic E-state index is 13.0. The minimum Gasteiger partial charge on any atom is -0.394 e. The molecule has 0 bridgehead atoms. The maximum Gasteiger partial charge on any atom is 0.217 e. The summed E-state index contributed by atoms with van der Waals surface area (Å²) in [6, 6.07) is -3.57. The predicted octanol–water partition coefficient (Wildman–Crippen LogP) is -14.3. The van der Waals surface area contributed by atoms with E-state index in [0.29, 0.717) is 0 Å². The highest BCUT2D eigenvalue weighted by atomic mass is 16.8. The van der Waals surface area contributed by atoms with E-state index in [1.807, 2.05) is 0 Å². The lowest BCUT2D eigenvalue weighted by Gasteiger charge is -2.52. The second-order valence-corrected chi connectivity index (χ2v) is 20.6. The van der Waals surface area contributed by atoms with Gasteiger partial charge in [0.2, 0.25) is 11.8 Å². The third-order valence-corrected chi connectivity index (χ3v) is 14.9. The van der Waals surface area contributed by atoms with Gasteiger partial charge in [0.15, 0.2) is 44.0 Å². The first kappa shape index (κ1) is 66.2. The van der Waals surface area contributed by atoms with Gasteiger partial charge in [-0.3, -0.25) is 9.59 Å². The third kappa shape index (κ3) is 14.4. The van der Waals surface area contributed by atoms with Crippen molar-refractivity contribution < 1.29 is 168 Å². The van der Waals surface area contributed by atoms with Crippen LogP contribution in [0.5, 0.6) is 0 Å². The Morgan fingerprint density at radius 1 is 0.395 bits per heavy atom. The molecule has 7 aliphatic heterocycles. The summed E-state index contributed by atoms with van der Waals surface area (Å²) in [6.07, 6.45) is -61.9. The first-order valence-electron chi connectivity index (χ1n) is 25.9. The normalized spacial score (nSPS) is 50.8. The Bertz CT molecular complexity index is 1990. The van der Waals surface area contributed by atoms with Crippen LogP contribution < -0.4 is 10.6 Å². The molecule has 470 valence electrons. The standard InChI is InChI=1S/C45H76N2O34/c1-10-21(55)27(61)32(66)43(71-10)79-36-20(47-12(3)53)39(68)72-17(7-51)35(36)78-40-19(46-11(2)52)26(60)34(16(6-50)75-40)77-45-38(81-42-30(64)22(56)13(54)8-69-42)37(80-44-33(67)29(63)24(58)15(5-49)74-44)25(59)18(76-45)9-70-41-31(65)28(62)23(57)14(4-48)73-41/h10,13-45,48-51,54-68H,4-9H2,1-3H3,(H,46,52)(H,47,53)/t10-,13-,14-,15-,16-,17-,18-,19-,20-,21+,22+,23-,24-,25-,26-,27+,28+,29+,30-,31+,32-,33+,34-,35-,36-,37+,38+,39?,40+,41+,42+,43-,44-,45-/m1/s1. The molecule has 0 saturated carbocycles. The smallest absolute Gasteiger partial charge is 0.217 e. The number of aliphatic hydroxyl groups is 19. The zero-order chi connectivity index (χ0) is 59.6. The molecule has 0 aliphatic carbocycles. The van der Waals surface area contributed by atoms with Gasteiger partial charge >= 0.3 is 0 Å². The number of nitrogens with one attached hydrogen (secondary N) is 2. The fourth-order valence-electron chi connectivity index (χ4n) is 10.3. The summed E-state index contributed by atoms with van der Waals surface area (Å²) in [5, 5.41) is 210. The van der Waals surface area contributed by atoms with Crippen molar-refractivity contribution in [3.63, 3.8) is 0 Å². The third-order valence-electron chi connectivity index (χ3n) is 14.9. The Morgan fingerprint density at radius 2 is 0.840 bits per heavy atom. The lowest BCUT2D eigenvalue weighted by atomic mass is 9.93. The Hall–Kier alpha value is -2.34. The monoisotopic (exact) mass is 1190 g/mol. The van der Waals surface area contributed by atoms with E-state index < -0.39 is 260 Å². The van der Waals surface area contributed by atoms with E-state index >= 15 is 0 Å². The molecule has 21 N–H and O–H groups in total. The molecule has 36 heteroatoms. The van der Waals surface area contributed by atoms with E-state index in [2.05, 4.69) is 10.6 Å². The fraction of sp³-hybridized carbons (Fsp3) is 0.956. The highest BCUT2D eigenvalue weighted by Gasteiger charge is 2.59. The van der Waals surface area contributed by atoms with Crippen LogP contribution in [0.3, 0.4) is 0 Å². The number of ether oxygens (including phenoxy) is 13. The molecule has 7 rings (SSSR count). The van der Waals surface area contributed by atoms with Gasteiger partial charge in [0.1, 0.15) is 159 Å². The Labute approximate surface area is 459 Å². The molecule has 36 nitrogen and oxygen atoms in total. The van der Waals surface area contributed by atoms with Crippen molar-refractivity contribution >= 4 is 11.8 Å². The highest BCUT2D eigenvalue weighted by molar-refractivity contribution is 5.73. The van der Waals surface area contributed by atoms with E-state index in [1.165, 1.54) is 6.92 Å². The fourth-order valence-corrected chi connectivity index (χ4v) is 10.3. The SMILES string of the molecule is CC(=O)N[C@H]1[C@H](O[C@H]2[C@H](O[C@H]3O[C@H](C)[C@H](O)[C@H](O)[C@H]3O)[C@@H](NC(C)=O)C(O)O[C@@H]2CO)O[C@H](CO)[C@@H](O[C@H]2O[C@H](CO[C@H]3O[C@H](CO)[C@@H](O)[C@H](O)[C@@H]3O)[C@@H](O)[C@H](O[C@H]3O[C@H](CO)[C@@H](O)[C@H](O)[C@@H]3O)[C@@H]2O[C@@H]2OC[C@@H](O)[C@H](O)[C@H]2O)[C@@H]1O. The molecule has 0 aromatic heterocycles. The number of aliphatic hydroxyl groups excluding tert-OH is 19. The van der Waals surface area contributed by atoms with Gasteiger partial charge in [0.05, 0.1) is 45.7 Å². The lowest BCUT2D eigenvalue weighted by Crippen LogP contribution is -2.71.